The first kappa shape index (κ1) is 13.8. The number of ether oxygens (including phenoxy) is 1. The van der Waals surface area contributed by atoms with Crippen LogP contribution in [0.2, 0.25) is 0 Å². The van der Waals surface area contributed by atoms with E-state index in [1.807, 2.05) is 60.0 Å². The minimum absolute atomic E-state index is 0.339. The lowest BCUT2D eigenvalue weighted by Gasteiger charge is -2.06. The summed E-state index contributed by atoms with van der Waals surface area (Å²) in [6, 6.07) is 17.4. The summed E-state index contributed by atoms with van der Waals surface area (Å²) >= 11 is 0. The molecule has 0 radical (unpaired) electrons. The summed E-state index contributed by atoms with van der Waals surface area (Å²) < 4.78 is 5.67. The van der Waals surface area contributed by atoms with E-state index >= 15 is 0 Å². The molecular weight excluding hydrogens is 252 g/mol. The Morgan fingerprint density at radius 1 is 1.10 bits per heavy atom. The van der Waals surface area contributed by atoms with E-state index in [1.54, 1.807) is 6.08 Å². The standard InChI is InChI=1S/C16H16N2O2/c17-18-16(19)11-8-13-6-9-15(10-7-13)20-12-14-4-2-1-3-5-14/h1-11H,12,17H2,(H,18,19)/b11-8+. The number of hydrogen-bond acceptors (Lipinski definition) is 3. The van der Waals surface area contributed by atoms with E-state index in [0.717, 1.165) is 16.9 Å². The average molecular weight is 268 g/mol. The van der Waals surface area contributed by atoms with Gasteiger partial charge in [-0.1, -0.05) is 42.5 Å². The van der Waals surface area contributed by atoms with Crippen LogP contribution in [0.5, 0.6) is 5.75 Å². The van der Waals surface area contributed by atoms with Crippen molar-refractivity contribution in [1.29, 1.82) is 0 Å². The lowest BCUT2D eigenvalue weighted by atomic mass is 10.2. The van der Waals surface area contributed by atoms with Crippen LogP contribution in [0.4, 0.5) is 0 Å². The second kappa shape index (κ2) is 7.11. The quantitative estimate of drug-likeness (QED) is 0.378. The molecule has 0 aromatic heterocycles. The van der Waals surface area contributed by atoms with Crippen molar-refractivity contribution in [3.63, 3.8) is 0 Å². The van der Waals surface area contributed by atoms with Gasteiger partial charge in [0.05, 0.1) is 0 Å². The number of rotatable bonds is 5. The lowest BCUT2D eigenvalue weighted by molar-refractivity contribution is -0.116. The highest BCUT2D eigenvalue weighted by Crippen LogP contribution is 2.15. The zero-order valence-corrected chi connectivity index (χ0v) is 11.0. The molecule has 0 fully saturated rings. The molecule has 0 aliphatic rings. The van der Waals surface area contributed by atoms with Gasteiger partial charge in [-0.15, -0.1) is 0 Å². The van der Waals surface area contributed by atoms with E-state index in [1.165, 1.54) is 6.08 Å². The molecule has 0 spiro atoms. The van der Waals surface area contributed by atoms with Crippen molar-refractivity contribution in [2.45, 2.75) is 6.61 Å². The number of nitrogens with one attached hydrogen (secondary N) is 1. The first-order chi connectivity index (χ1) is 9.78. The Labute approximate surface area is 117 Å². The first-order valence-corrected chi connectivity index (χ1v) is 6.23. The molecule has 2 aromatic carbocycles. The highest BCUT2D eigenvalue weighted by molar-refractivity contribution is 5.91. The van der Waals surface area contributed by atoms with Gasteiger partial charge in [-0.2, -0.15) is 0 Å². The summed E-state index contributed by atoms with van der Waals surface area (Å²) in [5, 5.41) is 0. The Balaban J connectivity index is 1.91. The van der Waals surface area contributed by atoms with Gasteiger partial charge in [-0.3, -0.25) is 10.2 Å². The topological polar surface area (TPSA) is 64.3 Å². The Hall–Kier alpha value is -2.59. The first-order valence-electron chi connectivity index (χ1n) is 6.23. The van der Waals surface area contributed by atoms with E-state index in [4.69, 9.17) is 10.6 Å². The number of hydrogen-bond donors (Lipinski definition) is 2. The van der Waals surface area contributed by atoms with Crippen LogP contribution in [0.3, 0.4) is 0 Å². The Morgan fingerprint density at radius 2 is 1.80 bits per heavy atom. The molecule has 0 saturated heterocycles. The van der Waals surface area contributed by atoms with Crippen molar-refractivity contribution in [3.8, 4) is 5.75 Å². The van der Waals surface area contributed by atoms with Gasteiger partial charge >= 0.3 is 0 Å². The molecule has 0 aliphatic carbocycles. The molecule has 3 N–H and O–H groups in total. The van der Waals surface area contributed by atoms with Gasteiger partial charge in [0.1, 0.15) is 12.4 Å². The van der Waals surface area contributed by atoms with Crippen molar-refractivity contribution in [3.05, 3.63) is 71.8 Å². The third kappa shape index (κ3) is 4.26. The Kier molecular flexibility index (Phi) is 4.92. The Bertz CT molecular complexity index is 577. The van der Waals surface area contributed by atoms with Gasteiger partial charge < -0.3 is 4.74 Å². The van der Waals surface area contributed by atoms with Crippen LogP contribution < -0.4 is 16.0 Å². The maximum atomic E-state index is 11.0. The monoisotopic (exact) mass is 268 g/mol. The van der Waals surface area contributed by atoms with Crippen LogP contribution in [-0.4, -0.2) is 5.91 Å². The largest absolute Gasteiger partial charge is 0.489 e. The summed E-state index contributed by atoms with van der Waals surface area (Å²) in [6.07, 6.45) is 3.06. The van der Waals surface area contributed by atoms with Crippen LogP contribution in [0.1, 0.15) is 11.1 Å². The highest BCUT2D eigenvalue weighted by atomic mass is 16.5. The fourth-order valence-electron chi connectivity index (χ4n) is 1.64. The molecule has 1 amide bonds. The molecule has 2 rings (SSSR count). The second-order valence-corrected chi connectivity index (χ2v) is 4.19. The molecule has 20 heavy (non-hydrogen) atoms. The molecule has 0 unspecified atom stereocenters. The lowest BCUT2D eigenvalue weighted by Crippen LogP contribution is -2.27. The van der Waals surface area contributed by atoms with E-state index in [9.17, 15) is 4.79 Å². The molecule has 0 atom stereocenters. The molecule has 102 valence electrons. The number of hydrazine groups is 1. The average Bonchev–Trinajstić information content (AvgIpc) is 2.52. The normalized spacial score (nSPS) is 10.4. The minimum atomic E-state index is -0.339. The van der Waals surface area contributed by atoms with Crippen LogP contribution >= 0.6 is 0 Å². The predicted octanol–water partition coefficient (Wildman–Crippen LogP) is 2.27. The van der Waals surface area contributed by atoms with Gasteiger partial charge in [-0.25, -0.2) is 5.84 Å². The van der Waals surface area contributed by atoms with Crippen molar-refractivity contribution >= 4 is 12.0 Å². The third-order valence-electron chi connectivity index (χ3n) is 2.70. The second-order valence-electron chi connectivity index (χ2n) is 4.19. The predicted molar refractivity (Wildman–Crippen MR) is 78.6 cm³/mol. The fraction of sp³-hybridized carbons (Fsp3) is 0.0625. The molecular formula is C16H16N2O2. The maximum absolute atomic E-state index is 11.0. The SMILES string of the molecule is NNC(=O)/C=C/c1ccc(OCc2ccccc2)cc1. The minimum Gasteiger partial charge on any atom is -0.489 e. The molecule has 0 aliphatic heterocycles. The number of carbonyl (C=O) groups excluding carboxylic acids is 1. The highest BCUT2D eigenvalue weighted by Gasteiger charge is 1.96. The van der Waals surface area contributed by atoms with Crippen molar-refractivity contribution in [2.75, 3.05) is 0 Å². The smallest absolute Gasteiger partial charge is 0.257 e. The van der Waals surface area contributed by atoms with Gasteiger partial charge in [0.15, 0.2) is 0 Å². The third-order valence-corrected chi connectivity index (χ3v) is 2.70. The van der Waals surface area contributed by atoms with Crippen LogP contribution in [0.15, 0.2) is 60.7 Å². The van der Waals surface area contributed by atoms with Gasteiger partial charge in [0.2, 0.25) is 0 Å². The van der Waals surface area contributed by atoms with E-state index < -0.39 is 0 Å². The molecule has 2 aromatic rings. The fourth-order valence-corrected chi connectivity index (χ4v) is 1.64. The van der Waals surface area contributed by atoms with Crippen LogP contribution in [-0.2, 0) is 11.4 Å². The number of carbonyl (C=O) groups is 1. The van der Waals surface area contributed by atoms with Crippen molar-refractivity contribution in [2.24, 2.45) is 5.84 Å². The zero-order valence-electron chi connectivity index (χ0n) is 11.0. The van der Waals surface area contributed by atoms with Crippen LogP contribution in [0, 0.1) is 0 Å². The molecule has 4 heteroatoms. The van der Waals surface area contributed by atoms with E-state index in [0.29, 0.717) is 6.61 Å². The van der Waals surface area contributed by atoms with E-state index in [2.05, 4.69) is 0 Å². The molecule has 4 nitrogen and oxygen atoms in total. The van der Waals surface area contributed by atoms with Gasteiger partial charge in [0, 0.05) is 6.08 Å². The number of nitrogens with two attached hydrogens (primary N) is 1. The number of benzene rings is 2. The molecule has 0 saturated carbocycles. The van der Waals surface area contributed by atoms with Gasteiger partial charge in [-0.05, 0) is 29.3 Å². The maximum Gasteiger partial charge on any atom is 0.257 e. The van der Waals surface area contributed by atoms with Gasteiger partial charge in [0.25, 0.3) is 5.91 Å². The van der Waals surface area contributed by atoms with Crippen LogP contribution in [0.25, 0.3) is 6.08 Å². The zero-order chi connectivity index (χ0) is 14.2. The molecule has 0 bridgehead atoms. The summed E-state index contributed by atoms with van der Waals surface area (Å²) in [6.45, 7) is 0.533. The summed E-state index contributed by atoms with van der Waals surface area (Å²) in [4.78, 5) is 11.0. The van der Waals surface area contributed by atoms with Crippen molar-refractivity contribution < 1.29 is 9.53 Å². The number of amides is 1. The molecule has 0 heterocycles. The summed E-state index contributed by atoms with van der Waals surface area (Å²) in [7, 11) is 0. The summed E-state index contributed by atoms with van der Waals surface area (Å²) in [5.41, 5.74) is 4.06. The summed E-state index contributed by atoms with van der Waals surface area (Å²) in [5.74, 6) is 5.43. The van der Waals surface area contributed by atoms with E-state index in [-0.39, 0.29) is 5.91 Å². The van der Waals surface area contributed by atoms with Crippen molar-refractivity contribution in [1.82, 2.24) is 5.43 Å². The Morgan fingerprint density at radius 3 is 2.45 bits per heavy atom.